The first-order valence-electron chi connectivity index (χ1n) is 10.6. The van der Waals surface area contributed by atoms with Gasteiger partial charge < -0.3 is 9.47 Å². The highest BCUT2D eigenvalue weighted by Gasteiger charge is 2.22. The maximum absolute atomic E-state index is 11.9. The van der Waals surface area contributed by atoms with Crippen molar-refractivity contribution >= 4 is 17.3 Å². The third-order valence-electron chi connectivity index (χ3n) is 5.27. The lowest BCUT2D eigenvalue weighted by Gasteiger charge is -2.19. The summed E-state index contributed by atoms with van der Waals surface area (Å²) >= 11 is 0. The van der Waals surface area contributed by atoms with Crippen LogP contribution in [-0.4, -0.2) is 22.5 Å². The number of allylic oxidation sites excluding steroid dienone is 1. The van der Waals surface area contributed by atoms with Crippen LogP contribution in [0.4, 0.5) is 0 Å². The van der Waals surface area contributed by atoms with Crippen molar-refractivity contribution in [2.75, 3.05) is 6.79 Å². The zero-order valence-electron chi connectivity index (χ0n) is 19.7. The first-order chi connectivity index (χ1) is 14.6. The molecule has 1 heterocycles. The Morgan fingerprint density at radius 1 is 1.16 bits per heavy atom. The van der Waals surface area contributed by atoms with E-state index < -0.39 is 0 Å². The predicted molar refractivity (Wildman–Crippen MR) is 122 cm³/mol. The third-order valence-corrected chi connectivity index (χ3v) is 5.27. The van der Waals surface area contributed by atoms with Gasteiger partial charge in [0.2, 0.25) is 6.79 Å². The van der Waals surface area contributed by atoms with E-state index in [4.69, 9.17) is 9.47 Å². The van der Waals surface area contributed by atoms with E-state index in [1.807, 2.05) is 52.1 Å². The number of esters is 1. The molecule has 166 valence electrons. The minimum atomic E-state index is -0.313. The number of nitrogens with zero attached hydrogens (tertiary/aromatic N) is 3. The molecule has 0 aliphatic rings. The van der Waals surface area contributed by atoms with E-state index in [0.717, 1.165) is 29.7 Å². The van der Waals surface area contributed by atoms with Gasteiger partial charge in [-0.1, -0.05) is 58.4 Å². The molecule has 1 aromatic heterocycles. The number of hydrogen-bond acceptors (Lipinski definition) is 5. The summed E-state index contributed by atoms with van der Waals surface area (Å²) in [6.45, 7) is 12.0. The van der Waals surface area contributed by atoms with Gasteiger partial charge in [-0.15, -0.1) is 0 Å². The minimum absolute atomic E-state index is 0.0107. The normalized spacial score (nSPS) is 12.2. The van der Waals surface area contributed by atoms with Crippen molar-refractivity contribution < 1.29 is 14.3 Å². The molecular formula is C25H33N3O3. The van der Waals surface area contributed by atoms with Gasteiger partial charge in [0.1, 0.15) is 17.3 Å². The Morgan fingerprint density at radius 2 is 1.81 bits per heavy atom. The average Bonchev–Trinajstić information content (AvgIpc) is 2.97. The summed E-state index contributed by atoms with van der Waals surface area (Å²) in [7, 11) is 1.81. The SMILES string of the molecule is CCCCC(=O)OCO/C(=C(/C#N)c1ccc(C(C)(C)C)cc1)c1c(C)c(C)nn1C. The molecule has 0 atom stereocenters. The van der Waals surface area contributed by atoms with Crippen LogP contribution in [0.2, 0.25) is 0 Å². The van der Waals surface area contributed by atoms with Gasteiger partial charge in [-0.2, -0.15) is 10.4 Å². The molecule has 6 nitrogen and oxygen atoms in total. The first-order valence-corrected chi connectivity index (χ1v) is 10.6. The van der Waals surface area contributed by atoms with Gasteiger partial charge in [0.15, 0.2) is 5.76 Å². The van der Waals surface area contributed by atoms with Crippen molar-refractivity contribution in [2.24, 2.45) is 7.05 Å². The Bertz CT molecular complexity index is 987. The second-order valence-electron chi connectivity index (χ2n) is 8.71. The van der Waals surface area contributed by atoms with Gasteiger partial charge in [0.05, 0.1) is 5.69 Å². The molecule has 2 rings (SSSR count). The summed E-state index contributed by atoms with van der Waals surface area (Å²) in [6.07, 6.45) is 2.03. The lowest BCUT2D eigenvalue weighted by molar-refractivity contribution is -0.151. The van der Waals surface area contributed by atoms with E-state index in [-0.39, 0.29) is 18.2 Å². The maximum Gasteiger partial charge on any atom is 0.308 e. The number of ether oxygens (including phenoxy) is 2. The fraction of sp³-hybridized carbons (Fsp3) is 0.480. The number of nitriles is 1. The van der Waals surface area contributed by atoms with Gasteiger partial charge in [0, 0.05) is 19.0 Å². The summed E-state index contributed by atoms with van der Waals surface area (Å²) in [5, 5.41) is 14.5. The van der Waals surface area contributed by atoms with Crippen LogP contribution >= 0.6 is 0 Å². The van der Waals surface area contributed by atoms with Crippen molar-refractivity contribution in [3.8, 4) is 6.07 Å². The zero-order chi connectivity index (χ0) is 23.2. The second kappa shape index (κ2) is 10.3. The highest BCUT2D eigenvalue weighted by molar-refractivity contribution is 5.94. The largest absolute Gasteiger partial charge is 0.454 e. The maximum atomic E-state index is 11.9. The number of carbonyl (C=O) groups is 1. The molecule has 0 spiro atoms. The Kier molecular flexibility index (Phi) is 8.04. The Morgan fingerprint density at radius 3 is 2.29 bits per heavy atom. The molecule has 0 radical (unpaired) electrons. The molecular weight excluding hydrogens is 390 g/mol. The topological polar surface area (TPSA) is 77.1 Å². The van der Waals surface area contributed by atoms with Crippen LogP contribution in [0, 0.1) is 25.2 Å². The van der Waals surface area contributed by atoms with Crippen molar-refractivity contribution in [2.45, 2.75) is 66.2 Å². The molecule has 0 unspecified atom stereocenters. The standard InChI is InChI=1S/C25H33N3O3/c1-8-9-10-22(29)30-16-31-24(23-17(2)18(3)27-28(23)7)21(15-26)19-11-13-20(14-12-19)25(4,5)6/h11-14H,8-10,16H2,1-7H3/b24-21-. The van der Waals surface area contributed by atoms with Gasteiger partial charge >= 0.3 is 5.97 Å². The Labute approximate surface area is 185 Å². The molecule has 0 saturated carbocycles. The summed E-state index contributed by atoms with van der Waals surface area (Å²) in [5.74, 6) is 0.0436. The van der Waals surface area contributed by atoms with Crippen molar-refractivity contribution in [1.29, 1.82) is 5.26 Å². The van der Waals surface area contributed by atoms with Crippen LogP contribution in [-0.2, 0) is 26.7 Å². The highest BCUT2D eigenvalue weighted by Crippen LogP contribution is 2.31. The highest BCUT2D eigenvalue weighted by atomic mass is 16.7. The lowest BCUT2D eigenvalue weighted by atomic mass is 9.86. The summed E-state index contributed by atoms with van der Waals surface area (Å²) in [5.41, 5.74) is 4.74. The van der Waals surface area contributed by atoms with Crippen molar-refractivity contribution in [1.82, 2.24) is 9.78 Å². The molecule has 0 bridgehead atoms. The Hall–Kier alpha value is -3.07. The number of hydrogen-bond donors (Lipinski definition) is 0. The Balaban J connectivity index is 2.47. The molecule has 0 aliphatic heterocycles. The number of aryl methyl sites for hydroxylation is 2. The monoisotopic (exact) mass is 423 g/mol. The van der Waals surface area contributed by atoms with Crippen LogP contribution in [0.15, 0.2) is 24.3 Å². The molecule has 31 heavy (non-hydrogen) atoms. The second-order valence-corrected chi connectivity index (χ2v) is 8.71. The average molecular weight is 424 g/mol. The van der Waals surface area contributed by atoms with Gasteiger partial charge in [-0.3, -0.25) is 9.48 Å². The number of benzene rings is 1. The molecule has 2 aromatic rings. The smallest absolute Gasteiger partial charge is 0.308 e. The lowest BCUT2D eigenvalue weighted by Crippen LogP contribution is -2.11. The fourth-order valence-electron chi connectivity index (χ4n) is 3.27. The molecule has 0 fully saturated rings. The predicted octanol–water partition coefficient (Wildman–Crippen LogP) is 5.43. The quantitative estimate of drug-likeness (QED) is 0.245. The minimum Gasteiger partial charge on any atom is -0.454 e. The molecule has 0 saturated heterocycles. The summed E-state index contributed by atoms with van der Waals surface area (Å²) in [4.78, 5) is 11.9. The van der Waals surface area contributed by atoms with E-state index >= 15 is 0 Å². The molecule has 0 aliphatic carbocycles. The molecule has 1 aromatic carbocycles. The van der Waals surface area contributed by atoms with E-state index in [1.165, 1.54) is 5.56 Å². The van der Waals surface area contributed by atoms with E-state index in [9.17, 15) is 10.1 Å². The van der Waals surface area contributed by atoms with Crippen molar-refractivity contribution in [3.63, 3.8) is 0 Å². The van der Waals surface area contributed by atoms with Crippen LogP contribution in [0.3, 0.4) is 0 Å². The third kappa shape index (κ3) is 5.97. The molecule has 0 amide bonds. The first kappa shape index (κ1) is 24.2. The molecule has 6 heteroatoms. The van der Waals surface area contributed by atoms with Crippen LogP contribution in [0.5, 0.6) is 0 Å². The zero-order valence-corrected chi connectivity index (χ0v) is 19.7. The number of carbonyl (C=O) groups excluding carboxylic acids is 1. The number of aromatic nitrogens is 2. The number of unbranched alkanes of at least 4 members (excludes halogenated alkanes) is 1. The van der Waals surface area contributed by atoms with Crippen LogP contribution < -0.4 is 0 Å². The van der Waals surface area contributed by atoms with E-state index in [1.54, 1.807) is 4.68 Å². The van der Waals surface area contributed by atoms with Crippen LogP contribution in [0.1, 0.15) is 75.0 Å². The number of rotatable bonds is 8. The van der Waals surface area contributed by atoms with E-state index in [2.05, 4.69) is 31.9 Å². The van der Waals surface area contributed by atoms with Gasteiger partial charge in [0.25, 0.3) is 0 Å². The van der Waals surface area contributed by atoms with Crippen molar-refractivity contribution in [3.05, 3.63) is 52.3 Å². The van der Waals surface area contributed by atoms with Gasteiger partial charge in [-0.25, -0.2) is 0 Å². The summed E-state index contributed by atoms with van der Waals surface area (Å²) < 4.78 is 12.8. The van der Waals surface area contributed by atoms with Gasteiger partial charge in [-0.05, 0) is 36.8 Å². The summed E-state index contributed by atoms with van der Waals surface area (Å²) in [6, 6.07) is 10.2. The molecule has 0 N–H and O–H groups in total. The van der Waals surface area contributed by atoms with Crippen LogP contribution in [0.25, 0.3) is 11.3 Å². The fourth-order valence-corrected chi connectivity index (χ4v) is 3.27. The van der Waals surface area contributed by atoms with E-state index in [0.29, 0.717) is 23.4 Å².